The fourth-order valence-electron chi connectivity index (χ4n) is 3.65. The van der Waals surface area contributed by atoms with Crippen LogP contribution in [0.15, 0.2) is 43.0 Å². The van der Waals surface area contributed by atoms with Crippen molar-refractivity contribution < 1.29 is 9.47 Å². The Labute approximate surface area is 128 Å². The fraction of sp³-hybridized carbons (Fsp3) is 0.579. The minimum atomic E-state index is 0.0304. The van der Waals surface area contributed by atoms with Crippen molar-refractivity contribution in [2.75, 3.05) is 13.2 Å². The highest BCUT2D eigenvalue weighted by Gasteiger charge is 2.32. The standard InChI is InChI=1S/C19H26O2/c1-2-6-15-13-20-19(21-14-15)18-11-9-17(10-12-18)16-7-4-3-5-8-16/h2-5,7-8,15,17-19H,1,6,9-14H2/t15-,17?,18?,19-. The molecule has 1 aromatic rings. The third-order valence-corrected chi connectivity index (χ3v) is 4.92. The van der Waals surface area contributed by atoms with Crippen LogP contribution in [-0.4, -0.2) is 19.5 Å². The van der Waals surface area contributed by atoms with Gasteiger partial charge in [-0.15, -0.1) is 6.58 Å². The summed E-state index contributed by atoms with van der Waals surface area (Å²) in [5, 5.41) is 0. The Morgan fingerprint density at radius 2 is 1.67 bits per heavy atom. The summed E-state index contributed by atoms with van der Waals surface area (Å²) >= 11 is 0. The van der Waals surface area contributed by atoms with Crippen molar-refractivity contribution in [3.63, 3.8) is 0 Å². The predicted molar refractivity (Wildman–Crippen MR) is 85.1 cm³/mol. The molecule has 0 aromatic heterocycles. The van der Waals surface area contributed by atoms with Gasteiger partial charge in [-0.25, -0.2) is 0 Å². The number of benzene rings is 1. The first-order chi connectivity index (χ1) is 10.4. The number of ether oxygens (including phenoxy) is 2. The number of hydrogen-bond acceptors (Lipinski definition) is 2. The Kier molecular flexibility index (Phi) is 5.10. The van der Waals surface area contributed by atoms with Gasteiger partial charge in [-0.1, -0.05) is 36.4 Å². The first-order valence-electron chi connectivity index (χ1n) is 8.26. The Morgan fingerprint density at radius 1 is 1.00 bits per heavy atom. The topological polar surface area (TPSA) is 18.5 Å². The van der Waals surface area contributed by atoms with E-state index in [-0.39, 0.29) is 6.29 Å². The van der Waals surface area contributed by atoms with Gasteiger partial charge in [0.25, 0.3) is 0 Å². The highest BCUT2D eigenvalue weighted by Crippen LogP contribution is 2.38. The van der Waals surface area contributed by atoms with Crippen LogP contribution in [0, 0.1) is 11.8 Å². The zero-order valence-corrected chi connectivity index (χ0v) is 12.7. The molecule has 2 fully saturated rings. The van der Waals surface area contributed by atoms with E-state index in [4.69, 9.17) is 9.47 Å². The number of rotatable bonds is 4. The lowest BCUT2D eigenvalue weighted by Gasteiger charge is -2.37. The molecule has 0 unspecified atom stereocenters. The predicted octanol–water partition coefficient (Wildman–Crippen LogP) is 4.53. The molecule has 2 aliphatic rings. The van der Waals surface area contributed by atoms with Crippen LogP contribution < -0.4 is 0 Å². The summed E-state index contributed by atoms with van der Waals surface area (Å²) in [5.41, 5.74) is 1.49. The maximum atomic E-state index is 5.95. The van der Waals surface area contributed by atoms with Crippen molar-refractivity contribution in [1.29, 1.82) is 0 Å². The second-order valence-electron chi connectivity index (χ2n) is 6.45. The molecule has 1 saturated heterocycles. The highest BCUT2D eigenvalue weighted by molar-refractivity contribution is 5.19. The molecule has 0 bridgehead atoms. The van der Waals surface area contributed by atoms with Crippen LogP contribution in [0.3, 0.4) is 0 Å². The summed E-state index contributed by atoms with van der Waals surface area (Å²) in [4.78, 5) is 0. The van der Waals surface area contributed by atoms with Gasteiger partial charge in [0.1, 0.15) is 0 Å². The van der Waals surface area contributed by atoms with Gasteiger partial charge < -0.3 is 9.47 Å². The number of hydrogen-bond donors (Lipinski definition) is 0. The largest absolute Gasteiger partial charge is 0.352 e. The van der Waals surface area contributed by atoms with Crippen LogP contribution in [0.1, 0.15) is 43.6 Å². The van der Waals surface area contributed by atoms with E-state index in [0.717, 1.165) is 25.6 Å². The zero-order valence-electron chi connectivity index (χ0n) is 12.7. The summed E-state index contributed by atoms with van der Waals surface area (Å²) in [5.74, 6) is 1.80. The normalized spacial score (nSPS) is 33.5. The third kappa shape index (κ3) is 3.75. The molecule has 2 heteroatoms. The van der Waals surface area contributed by atoms with Gasteiger partial charge in [0.05, 0.1) is 13.2 Å². The average Bonchev–Trinajstić information content (AvgIpc) is 2.57. The van der Waals surface area contributed by atoms with Crippen molar-refractivity contribution in [3.05, 3.63) is 48.6 Å². The van der Waals surface area contributed by atoms with Crippen LogP contribution in [-0.2, 0) is 9.47 Å². The smallest absolute Gasteiger partial charge is 0.160 e. The van der Waals surface area contributed by atoms with E-state index in [1.54, 1.807) is 0 Å². The summed E-state index contributed by atoms with van der Waals surface area (Å²) in [7, 11) is 0. The van der Waals surface area contributed by atoms with Gasteiger partial charge in [-0.3, -0.25) is 0 Å². The fourth-order valence-corrected chi connectivity index (χ4v) is 3.65. The molecule has 1 saturated carbocycles. The molecule has 0 amide bonds. The van der Waals surface area contributed by atoms with Gasteiger partial charge in [0.2, 0.25) is 0 Å². The SMILES string of the molecule is C=CC[C@H]1CO[C@H](C2CCC(c3ccccc3)CC2)OC1. The molecule has 2 nitrogen and oxygen atoms in total. The van der Waals surface area contributed by atoms with Crippen molar-refractivity contribution in [2.45, 2.75) is 44.3 Å². The van der Waals surface area contributed by atoms with E-state index in [2.05, 4.69) is 36.9 Å². The quantitative estimate of drug-likeness (QED) is 0.757. The third-order valence-electron chi connectivity index (χ3n) is 4.92. The van der Waals surface area contributed by atoms with Crippen LogP contribution in [0.2, 0.25) is 0 Å². The van der Waals surface area contributed by atoms with E-state index in [0.29, 0.717) is 11.8 Å². The minimum Gasteiger partial charge on any atom is -0.352 e. The first kappa shape index (κ1) is 14.8. The molecule has 1 heterocycles. The molecule has 0 spiro atoms. The molecule has 21 heavy (non-hydrogen) atoms. The number of allylic oxidation sites excluding steroid dienone is 1. The lowest BCUT2D eigenvalue weighted by atomic mass is 9.78. The van der Waals surface area contributed by atoms with E-state index >= 15 is 0 Å². The second kappa shape index (κ2) is 7.24. The van der Waals surface area contributed by atoms with Gasteiger partial charge >= 0.3 is 0 Å². The molecule has 0 atom stereocenters. The first-order valence-corrected chi connectivity index (χ1v) is 8.26. The Hall–Kier alpha value is -1.12. The van der Waals surface area contributed by atoms with Gasteiger partial charge in [0, 0.05) is 11.8 Å². The monoisotopic (exact) mass is 286 g/mol. The van der Waals surface area contributed by atoms with Crippen LogP contribution in [0.25, 0.3) is 0 Å². The molecule has 3 rings (SSSR count). The molecule has 0 N–H and O–H groups in total. The van der Waals surface area contributed by atoms with Gasteiger partial charge in [0.15, 0.2) is 6.29 Å². The van der Waals surface area contributed by atoms with Crippen molar-refractivity contribution >= 4 is 0 Å². The van der Waals surface area contributed by atoms with Crippen LogP contribution >= 0.6 is 0 Å². The molecular weight excluding hydrogens is 260 g/mol. The molecule has 0 radical (unpaired) electrons. The lowest BCUT2D eigenvalue weighted by Crippen LogP contribution is -2.38. The average molecular weight is 286 g/mol. The van der Waals surface area contributed by atoms with E-state index in [9.17, 15) is 0 Å². The van der Waals surface area contributed by atoms with Gasteiger partial charge in [-0.2, -0.15) is 0 Å². The molecule has 1 aromatic carbocycles. The Balaban J connectivity index is 1.47. The summed E-state index contributed by atoms with van der Waals surface area (Å²) in [6.45, 7) is 5.45. The zero-order chi connectivity index (χ0) is 14.5. The molecule has 1 aliphatic carbocycles. The summed E-state index contributed by atoms with van der Waals surface area (Å²) in [6.07, 6.45) is 7.94. The van der Waals surface area contributed by atoms with Crippen LogP contribution in [0.4, 0.5) is 0 Å². The van der Waals surface area contributed by atoms with E-state index in [1.807, 2.05) is 6.08 Å². The highest BCUT2D eigenvalue weighted by atomic mass is 16.7. The molecule has 1 aliphatic heterocycles. The lowest BCUT2D eigenvalue weighted by molar-refractivity contribution is -0.228. The molecule has 114 valence electrons. The maximum Gasteiger partial charge on any atom is 0.160 e. The summed E-state index contributed by atoms with van der Waals surface area (Å²) < 4.78 is 11.9. The van der Waals surface area contributed by atoms with Crippen molar-refractivity contribution in [3.8, 4) is 0 Å². The van der Waals surface area contributed by atoms with Crippen LogP contribution in [0.5, 0.6) is 0 Å². The van der Waals surface area contributed by atoms with Crippen molar-refractivity contribution in [1.82, 2.24) is 0 Å². The van der Waals surface area contributed by atoms with Gasteiger partial charge in [-0.05, 0) is 43.6 Å². The summed E-state index contributed by atoms with van der Waals surface area (Å²) in [6, 6.07) is 10.9. The Bertz CT molecular complexity index is 426. The second-order valence-corrected chi connectivity index (χ2v) is 6.45. The minimum absolute atomic E-state index is 0.0304. The van der Waals surface area contributed by atoms with E-state index < -0.39 is 0 Å². The van der Waals surface area contributed by atoms with Crippen molar-refractivity contribution in [2.24, 2.45) is 11.8 Å². The van der Waals surface area contributed by atoms with E-state index in [1.165, 1.54) is 31.2 Å². The molecular formula is C19H26O2. The Morgan fingerprint density at radius 3 is 2.29 bits per heavy atom. The maximum absolute atomic E-state index is 5.95.